The lowest BCUT2D eigenvalue weighted by Crippen LogP contribution is -2.31. The summed E-state index contributed by atoms with van der Waals surface area (Å²) in [5, 5.41) is 6.33. The van der Waals surface area contributed by atoms with Gasteiger partial charge in [-0.2, -0.15) is 0 Å². The number of carbonyl (C=O) groups is 1. The summed E-state index contributed by atoms with van der Waals surface area (Å²) < 4.78 is 2.02. The van der Waals surface area contributed by atoms with Gasteiger partial charge in [0.15, 0.2) is 0 Å². The number of carbonyl (C=O) groups excluding carboxylic acids is 1. The molecule has 0 aromatic carbocycles. The van der Waals surface area contributed by atoms with Gasteiger partial charge in [-0.15, -0.1) is 0 Å². The molecule has 4 heteroatoms. The summed E-state index contributed by atoms with van der Waals surface area (Å²) in [6, 6.07) is 3.82. The highest BCUT2D eigenvalue weighted by Crippen LogP contribution is 2.07. The van der Waals surface area contributed by atoms with Crippen molar-refractivity contribution in [1.82, 2.24) is 15.2 Å². The largest absolute Gasteiger partial charge is 0.350 e. The summed E-state index contributed by atoms with van der Waals surface area (Å²) in [6.07, 6.45) is 4.17. The number of rotatable bonds is 5. The van der Waals surface area contributed by atoms with E-state index in [2.05, 4.69) is 17.6 Å². The van der Waals surface area contributed by atoms with Crippen LogP contribution in [0, 0.1) is 5.92 Å². The van der Waals surface area contributed by atoms with Crippen molar-refractivity contribution in [2.45, 2.75) is 26.3 Å². The molecule has 1 saturated heterocycles. The number of aromatic nitrogens is 1. The van der Waals surface area contributed by atoms with Gasteiger partial charge in [0.05, 0.1) is 0 Å². The molecule has 0 spiro atoms. The zero-order valence-electron chi connectivity index (χ0n) is 10.4. The van der Waals surface area contributed by atoms with Gasteiger partial charge in [-0.1, -0.05) is 6.92 Å². The van der Waals surface area contributed by atoms with E-state index in [1.54, 1.807) is 0 Å². The molecule has 2 rings (SSSR count). The van der Waals surface area contributed by atoms with Crippen molar-refractivity contribution in [3.8, 4) is 0 Å². The summed E-state index contributed by atoms with van der Waals surface area (Å²) in [5.41, 5.74) is 0.776. The number of aryl methyl sites for hydroxylation is 1. The van der Waals surface area contributed by atoms with Crippen LogP contribution in [0.3, 0.4) is 0 Å². The van der Waals surface area contributed by atoms with E-state index in [4.69, 9.17) is 0 Å². The molecule has 1 fully saturated rings. The van der Waals surface area contributed by atoms with Gasteiger partial charge in [-0.3, -0.25) is 4.79 Å². The molecule has 2 N–H and O–H groups in total. The van der Waals surface area contributed by atoms with Crippen molar-refractivity contribution in [1.29, 1.82) is 0 Å². The van der Waals surface area contributed by atoms with Gasteiger partial charge in [0, 0.05) is 19.3 Å². The summed E-state index contributed by atoms with van der Waals surface area (Å²) in [4.78, 5) is 12.0. The Hall–Kier alpha value is -1.29. The van der Waals surface area contributed by atoms with Gasteiger partial charge >= 0.3 is 0 Å². The van der Waals surface area contributed by atoms with Crippen molar-refractivity contribution in [2.24, 2.45) is 5.92 Å². The van der Waals surface area contributed by atoms with E-state index in [9.17, 15) is 4.79 Å². The first-order valence-corrected chi connectivity index (χ1v) is 6.45. The molecule has 1 aliphatic rings. The third-order valence-electron chi connectivity index (χ3n) is 3.24. The average molecular weight is 235 g/mol. The molecule has 1 amide bonds. The topological polar surface area (TPSA) is 46.1 Å². The summed E-state index contributed by atoms with van der Waals surface area (Å²) in [7, 11) is 0. The molecule has 1 unspecified atom stereocenters. The predicted molar refractivity (Wildman–Crippen MR) is 68.0 cm³/mol. The SMILES string of the molecule is CCCn1cccc1C(=O)NCC1CCNC1. The fourth-order valence-corrected chi connectivity index (χ4v) is 2.27. The Morgan fingerprint density at radius 1 is 1.65 bits per heavy atom. The van der Waals surface area contributed by atoms with Crippen molar-refractivity contribution >= 4 is 5.91 Å². The lowest BCUT2D eigenvalue weighted by atomic mass is 10.1. The molecule has 0 saturated carbocycles. The maximum atomic E-state index is 12.0. The van der Waals surface area contributed by atoms with Crippen LogP contribution in [0.4, 0.5) is 0 Å². The molecular formula is C13H21N3O. The van der Waals surface area contributed by atoms with E-state index in [-0.39, 0.29) is 5.91 Å². The van der Waals surface area contributed by atoms with Gasteiger partial charge in [0.2, 0.25) is 0 Å². The lowest BCUT2D eigenvalue weighted by molar-refractivity contribution is 0.0939. The number of amides is 1. The van der Waals surface area contributed by atoms with Crippen LogP contribution in [0.25, 0.3) is 0 Å². The van der Waals surface area contributed by atoms with Crippen LogP contribution in [0.15, 0.2) is 18.3 Å². The van der Waals surface area contributed by atoms with E-state index in [1.807, 2.05) is 22.9 Å². The number of nitrogens with one attached hydrogen (secondary N) is 2. The Labute approximate surface area is 102 Å². The van der Waals surface area contributed by atoms with Gasteiger partial charge in [0.1, 0.15) is 5.69 Å². The van der Waals surface area contributed by atoms with Gasteiger partial charge in [-0.05, 0) is 44.0 Å². The van der Waals surface area contributed by atoms with E-state index < -0.39 is 0 Å². The second-order valence-electron chi connectivity index (χ2n) is 4.66. The first-order chi connectivity index (χ1) is 8.31. The molecule has 0 aliphatic carbocycles. The third kappa shape index (κ3) is 3.09. The Balaban J connectivity index is 1.87. The molecule has 1 aromatic rings. The normalized spacial score (nSPS) is 19.5. The number of hydrogen-bond acceptors (Lipinski definition) is 2. The van der Waals surface area contributed by atoms with Gasteiger partial charge in [0.25, 0.3) is 5.91 Å². The van der Waals surface area contributed by atoms with Crippen LogP contribution in [-0.2, 0) is 6.54 Å². The molecule has 0 radical (unpaired) electrons. The molecule has 0 bridgehead atoms. The summed E-state index contributed by atoms with van der Waals surface area (Å²) in [6.45, 7) is 5.90. The fourth-order valence-electron chi connectivity index (χ4n) is 2.27. The fraction of sp³-hybridized carbons (Fsp3) is 0.615. The van der Waals surface area contributed by atoms with Crippen LogP contribution < -0.4 is 10.6 Å². The molecule has 2 heterocycles. The molecular weight excluding hydrogens is 214 g/mol. The standard InChI is InChI=1S/C13H21N3O/c1-2-7-16-8-3-4-12(16)13(17)15-10-11-5-6-14-9-11/h3-4,8,11,14H,2,5-7,9-10H2,1H3,(H,15,17). The van der Waals surface area contributed by atoms with Crippen LogP contribution in [0.5, 0.6) is 0 Å². The van der Waals surface area contributed by atoms with Gasteiger partial charge < -0.3 is 15.2 Å². The lowest BCUT2D eigenvalue weighted by Gasteiger charge is -2.11. The smallest absolute Gasteiger partial charge is 0.267 e. The Bertz CT molecular complexity index is 366. The van der Waals surface area contributed by atoms with Crippen molar-refractivity contribution in [2.75, 3.05) is 19.6 Å². The van der Waals surface area contributed by atoms with Crippen LogP contribution in [0.1, 0.15) is 30.3 Å². The Morgan fingerprint density at radius 3 is 3.24 bits per heavy atom. The van der Waals surface area contributed by atoms with Crippen molar-refractivity contribution in [3.05, 3.63) is 24.0 Å². The second kappa shape index (κ2) is 5.87. The zero-order valence-corrected chi connectivity index (χ0v) is 10.4. The molecule has 4 nitrogen and oxygen atoms in total. The quantitative estimate of drug-likeness (QED) is 0.806. The highest BCUT2D eigenvalue weighted by Gasteiger charge is 2.16. The highest BCUT2D eigenvalue weighted by atomic mass is 16.1. The maximum Gasteiger partial charge on any atom is 0.267 e. The second-order valence-corrected chi connectivity index (χ2v) is 4.66. The molecule has 17 heavy (non-hydrogen) atoms. The maximum absolute atomic E-state index is 12.0. The minimum Gasteiger partial charge on any atom is -0.350 e. The summed E-state index contributed by atoms with van der Waals surface area (Å²) >= 11 is 0. The molecule has 1 atom stereocenters. The first-order valence-electron chi connectivity index (χ1n) is 6.45. The Morgan fingerprint density at radius 2 is 2.53 bits per heavy atom. The van der Waals surface area contributed by atoms with E-state index in [0.717, 1.165) is 44.7 Å². The number of nitrogens with zero attached hydrogens (tertiary/aromatic N) is 1. The van der Waals surface area contributed by atoms with Crippen molar-refractivity contribution < 1.29 is 4.79 Å². The first kappa shape index (κ1) is 12.2. The van der Waals surface area contributed by atoms with Gasteiger partial charge in [-0.25, -0.2) is 0 Å². The van der Waals surface area contributed by atoms with Crippen LogP contribution in [-0.4, -0.2) is 30.1 Å². The highest BCUT2D eigenvalue weighted by molar-refractivity contribution is 5.92. The number of hydrogen-bond donors (Lipinski definition) is 2. The van der Waals surface area contributed by atoms with E-state index in [1.165, 1.54) is 0 Å². The van der Waals surface area contributed by atoms with E-state index >= 15 is 0 Å². The minimum atomic E-state index is 0.0513. The monoisotopic (exact) mass is 235 g/mol. The van der Waals surface area contributed by atoms with Crippen LogP contribution in [0.2, 0.25) is 0 Å². The predicted octanol–water partition coefficient (Wildman–Crippen LogP) is 1.24. The average Bonchev–Trinajstić information content (AvgIpc) is 2.97. The van der Waals surface area contributed by atoms with Crippen LogP contribution >= 0.6 is 0 Å². The van der Waals surface area contributed by atoms with Crippen molar-refractivity contribution in [3.63, 3.8) is 0 Å². The minimum absolute atomic E-state index is 0.0513. The van der Waals surface area contributed by atoms with E-state index in [0.29, 0.717) is 5.92 Å². The summed E-state index contributed by atoms with van der Waals surface area (Å²) in [5.74, 6) is 0.642. The zero-order chi connectivity index (χ0) is 12.1. The third-order valence-corrected chi connectivity index (χ3v) is 3.24. The molecule has 1 aromatic heterocycles. The Kier molecular flexibility index (Phi) is 4.20. The molecule has 94 valence electrons. The molecule has 1 aliphatic heterocycles.